The number of ketones is 1. The molecule has 1 saturated heterocycles. The number of rotatable bonds is 5. The third-order valence-corrected chi connectivity index (χ3v) is 3.93. The summed E-state index contributed by atoms with van der Waals surface area (Å²) in [5.74, 6) is -0.404. The molecule has 116 valence electrons. The van der Waals surface area contributed by atoms with Crippen LogP contribution in [0.25, 0.3) is 0 Å². The zero-order chi connectivity index (χ0) is 15.4. The van der Waals surface area contributed by atoms with Gasteiger partial charge in [-0.3, -0.25) is 9.69 Å². The van der Waals surface area contributed by atoms with E-state index in [0.717, 1.165) is 39.3 Å². The van der Waals surface area contributed by atoms with Crippen LogP contribution in [-0.2, 0) is 0 Å². The minimum Gasteiger partial charge on any atom is -0.367 e. The third-order valence-electron chi connectivity index (χ3n) is 3.93. The molecule has 1 aliphatic rings. The minimum atomic E-state index is -0.301. The third kappa shape index (κ3) is 4.25. The summed E-state index contributed by atoms with van der Waals surface area (Å²) in [6.45, 7) is 7.09. The number of hydrogen-bond donors (Lipinski definition) is 0. The summed E-state index contributed by atoms with van der Waals surface area (Å²) < 4.78 is 14.1. The lowest BCUT2D eigenvalue weighted by Gasteiger charge is -2.36. The Morgan fingerprint density at radius 3 is 2.43 bits per heavy atom. The number of anilines is 1. The lowest BCUT2D eigenvalue weighted by Crippen LogP contribution is -2.48. The molecule has 0 atom stereocenters. The van der Waals surface area contributed by atoms with E-state index >= 15 is 0 Å². The molecule has 0 bridgehead atoms. The predicted molar refractivity (Wildman–Crippen MR) is 83.6 cm³/mol. The Morgan fingerprint density at radius 1 is 1.24 bits per heavy atom. The van der Waals surface area contributed by atoms with E-state index in [1.165, 1.54) is 13.0 Å². The highest BCUT2D eigenvalue weighted by molar-refractivity contribution is 5.94. The lowest BCUT2D eigenvalue weighted by molar-refractivity contribution is 0.101. The molecule has 1 aromatic carbocycles. The summed E-state index contributed by atoms with van der Waals surface area (Å²) in [4.78, 5) is 17.9. The molecular weight excluding hydrogens is 269 g/mol. The van der Waals surface area contributed by atoms with E-state index in [-0.39, 0.29) is 11.6 Å². The van der Waals surface area contributed by atoms with E-state index in [9.17, 15) is 9.18 Å². The molecule has 1 aromatic rings. The Morgan fingerprint density at radius 2 is 1.90 bits per heavy atom. The predicted octanol–water partition coefficient (Wildman–Crippen LogP) is 1.71. The standard InChI is InChI=1S/C16H24FN3O/c1-13(21)14-4-5-16(15(17)12-14)20-10-8-19(9-11-20)7-6-18(2)3/h4-5,12H,6-11H2,1-3H3. The molecule has 4 nitrogen and oxygen atoms in total. The number of Topliss-reactive ketones (excluding diaryl/α,β-unsaturated/α-hetero) is 1. The van der Waals surface area contributed by atoms with Crippen LogP contribution in [0.3, 0.4) is 0 Å². The van der Waals surface area contributed by atoms with Gasteiger partial charge in [0.1, 0.15) is 5.82 Å². The van der Waals surface area contributed by atoms with Crippen molar-refractivity contribution in [2.45, 2.75) is 6.92 Å². The van der Waals surface area contributed by atoms with Crippen LogP contribution in [0, 0.1) is 5.82 Å². The van der Waals surface area contributed by atoms with Gasteiger partial charge in [-0.05, 0) is 39.2 Å². The van der Waals surface area contributed by atoms with Gasteiger partial charge in [-0.2, -0.15) is 0 Å². The highest BCUT2D eigenvalue weighted by Gasteiger charge is 2.19. The topological polar surface area (TPSA) is 26.8 Å². The number of benzene rings is 1. The first-order chi connectivity index (χ1) is 9.97. The first-order valence-corrected chi connectivity index (χ1v) is 7.40. The molecule has 0 spiro atoms. The Hall–Kier alpha value is -1.46. The van der Waals surface area contributed by atoms with Crippen molar-refractivity contribution in [3.05, 3.63) is 29.6 Å². The molecule has 5 heteroatoms. The maximum Gasteiger partial charge on any atom is 0.159 e. The fraction of sp³-hybridized carbons (Fsp3) is 0.562. The first-order valence-electron chi connectivity index (χ1n) is 7.40. The summed E-state index contributed by atoms with van der Waals surface area (Å²) in [7, 11) is 4.14. The summed E-state index contributed by atoms with van der Waals surface area (Å²) in [6.07, 6.45) is 0. The van der Waals surface area contributed by atoms with Gasteiger partial charge in [0, 0.05) is 44.8 Å². The molecule has 0 aliphatic carbocycles. The van der Waals surface area contributed by atoms with E-state index < -0.39 is 0 Å². The SMILES string of the molecule is CC(=O)c1ccc(N2CCN(CCN(C)C)CC2)c(F)c1. The van der Waals surface area contributed by atoms with E-state index in [0.29, 0.717) is 11.3 Å². The van der Waals surface area contributed by atoms with E-state index in [2.05, 4.69) is 28.8 Å². The maximum absolute atomic E-state index is 14.1. The summed E-state index contributed by atoms with van der Waals surface area (Å²) in [5, 5.41) is 0. The average molecular weight is 293 g/mol. The second-order valence-electron chi connectivity index (χ2n) is 5.85. The number of nitrogens with zero attached hydrogens (tertiary/aromatic N) is 3. The molecular formula is C16H24FN3O. The highest BCUT2D eigenvalue weighted by Crippen LogP contribution is 2.22. The van der Waals surface area contributed by atoms with E-state index in [4.69, 9.17) is 0 Å². The highest BCUT2D eigenvalue weighted by atomic mass is 19.1. The van der Waals surface area contributed by atoms with E-state index in [1.807, 2.05) is 0 Å². The van der Waals surface area contributed by atoms with Crippen LogP contribution in [0.5, 0.6) is 0 Å². The molecule has 1 heterocycles. The molecule has 1 aliphatic heterocycles. The average Bonchev–Trinajstić information content (AvgIpc) is 2.45. The number of carbonyl (C=O) groups excluding carboxylic acids is 1. The Kier molecular flexibility index (Phi) is 5.31. The zero-order valence-corrected chi connectivity index (χ0v) is 13.1. The quantitative estimate of drug-likeness (QED) is 0.772. The first kappa shape index (κ1) is 15.9. The lowest BCUT2D eigenvalue weighted by atomic mass is 10.1. The summed E-state index contributed by atoms with van der Waals surface area (Å²) in [5.41, 5.74) is 1.04. The molecule has 0 aromatic heterocycles. The van der Waals surface area contributed by atoms with Crippen molar-refractivity contribution in [3.8, 4) is 0 Å². The van der Waals surface area contributed by atoms with Gasteiger partial charge in [0.05, 0.1) is 5.69 Å². The van der Waals surface area contributed by atoms with Crippen molar-refractivity contribution in [2.75, 3.05) is 58.3 Å². The fourth-order valence-electron chi connectivity index (χ4n) is 2.54. The van der Waals surface area contributed by atoms with E-state index in [1.54, 1.807) is 12.1 Å². The Labute approximate surface area is 126 Å². The fourth-order valence-corrected chi connectivity index (χ4v) is 2.54. The maximum atomic E-state index is 14.1. The number of hydrogen-bond acceptors (Lipinski definition) is 4. The van der Waals surface area contributed by atoms with Crippen LogP contribution >= 0.6 is 0 Å². The van der Waals surface area contributed by atoms with Crippen LogP contribution in [0.2, 0.25) is 0 Å². The normalized spacial score (nSPS) is 16.5. The summed E-state index contributed by atoms with van der Waals surface area (Å²) >= 11 is 0. The van der Waals surface area contributed by atoms with Crippen LogP contribution in [0.15, 0.2) is 18.2 Å². The molecule has 0 saturated carbocycles. The molecule has 2 rings (SSSR count). The zero-order valence-electron chi connectivity index (χ0n) is 13.1. The van der Waals surface area contributed by atoms with Gasteiger partial charge in [-0.15, -0.1) is 0 Å². The molecule has 0 N–H and O–H groups in total. The van der Waals surface area contributed by atoms with Gasteiger partial charge in [-0.1, -0.05) is 0 Å². The van der Waals surface area contributed by atoms with Crippen LogP contribution in [0.1, 0.15) is 17.3 Å². The van der Waals surface area contributed by atoms with Gasteiger partial charge >= 0.3 is 0 Å². The summed E-state index contributed by atoms with van der Waals surface area (Å²) in [6, 6.07) is 4.77. The minimum absolute atomic E-state index is 0.103. The van der Waals surface area contributed by atoms with Crippen molar-refractivity contribution in [1.82, 2.24) is 9.80 Å². The van der Waals surface area contributed by atoms with Gasteiger partial charge in [0.2, 0.25) is 0 Å². The Bertz CT molecular complexity index is 496. The number of carbonyl (C=O) groups is 1. The van der Waals surface area contributed by atoms with Crippen molar-refractivity contribution in [3.63, 3.8) is 0 Å². The van der Waals surface area contributed by atoms with Crippen LogP contribution in [-0.4, -0.2) is 68.9 Å². The molecule has 0 radical (unpaired) electrons. The molecule has 1 fully saturated rings. The van der Waals surface area contributed by atoms with Gasteiger partial charge in [0.15, 0.2) is 5.78 Å². The monoisotopic (exact) mass is 293 g/mol. The number of piperazine rings is 1. The van der Waals surface area contributed by atoms with Gasteiger partial charge in [-0.25, -0.2) is 4.39 Å². The molecule has 0 amide bonds. The molecule has 21 heavy (non-hydrogen) atoms. The van der Waals surface area contributed by atoms with Crippen molar-refractivity contribution in [1.29, 1.82) is 0 Å². The van der Waals surface area contributed by atoms with Crippen LogP contribution in [0.4, 0.5) is 10.1 Å². The second kappa shape index (κ2) is 7.00. The largest absolute Gasteiger partial charge is 0.367 e. The van der Waals surface area contributed by atoms with Crippen molar-refractivity contribution >= 4 is 11.5 Å². The van der Waals surface area contributed by atoms with Crippen molar-refractivity contribution in [2.24, 2.45) is 0 Å². The number of halogens is 1. The number of likely N-dealkylation sites (N-methyl/N-ethyl adjacent to an activating group) is 1. The Balaban J connectivity index is 1.94. The van der Waals surface area contributed by atoms with Crippen LogP contribution < -0.4 is 4.90 Å². The van der Waals surface area contributed by atoms with Crippen molar-refractivity contribution < 1.29 is 9.18 Å². The van der Waals surface area contributed by atoms with Gasteiger partial charge < -0.3 is 9.80 Å². The smallest absolute Gasteiger partial charge is 0.159 e. The molecule has 0 unspecified atom stereocenters. The van der Waals surface area contributed by atoms with Gasteiger partial charge in [0.25, 0.3) is 0 Å². The second-order valence-corrected chi connectivity index (χ2v) is 5.85.